The van der Waals surface area contributed by atoms with Crippen LogP contribution in [-0.2, 0) is 4.74 Å². The van der Waals surface area contributed by atoms with Crippen molar-refractivity contribution in [2.45, 2.75) is 80.6 Å². The van der Waals surface area contributed by atoms with Crippen LogP contribution in [0.2, 0.25) is 0 Å². The summed E-state index contributed by atoms with van der Waals surface area (Å²) in [5.74, 6) is 0.500. The average molecular weight is 506 g/mol. The van der Waals surface area contributed by atoms with Gasteiger partial charge in [0, 0.05) is 23.5 Å². The zero-order chi connectivity index (χ0) is 26.0. The molecule has 0 amide bonds. The number of hydrogen-bond donors (Lipinski definition) is 3. The Kier molecular flexibility index (Phi) is 4.76. The van der Waals surface area contributed by atoms with Gasteiger partial charge in [0.05, 0.1) is 11.7 Å². The van der Waals surface area contributed by atoms with Crippen molar-refractivity contribution < 1.29 is 19.3 Å². The molecule has 2 aromatic rings. The van der Waals surface area contributed by atoms with Gasteiger partial charge < -0.3 is 25.6 Å². The fourth-order valence-corrected chi connectivity index (χ4v) is 8.76. The molecule has 1 aromatic heterocycles. The molecule has 3 heterocycles. The topological polar surface area (TPSA) is 91.8 Å². The van der Waals surface area contributed by atoms with Gasteiger partial charge in [-0.2, -0.15) is 0 Å². The van der Waals surface area contributed by atoms with Crippen molar-refractivity contribution in [3.8, 4) is 0 Å². The summed E-state index contributed by atoms with van der Waals surface area (Å²) in [4.78, 5) is 6.23. The molecular formula is C30H36FN3O3. The summed E-state index contributed by atoms with van der Waals surface area (Å²) in [5.41, 5.74) is 5.30. The number of hydrogen-bond acceptors (Lipinski definition) is 6. The molecule has 6 nitrogen and oxygen atoms in total. The second-order valence-corrected chi connectivity index (χ2v) is 12.6. The Labute approximate surface area is 217 Å². The zero-order valence-corrected chi connectivity index (χ0v) is 21.7. The lowest BCUT2D eigenvalue weighted by Crippen LogP contribution is -2.68. The highest BCUT2D eigenvalue weighted by atomic mass is 19.1. The summed E-state index contributed by atoms with van der Waals surface area (Å²) in [5, 5.41) is 24.1. The Hall–Kier alpha value is -2.32. The number of aliphatic hydroxyl groups is 2. The second-order valence-electron chi connectivity index (χ2n) is 12.6. The van der Waals surface area contributed by atoms with Crippen LogP contribution in [0.5, 0.6) is 0 Å². The van der Waals surface area contributed by atoms with Crippen molar-refractivity contribution >= 4 is 22.2 Å². The predicted molar refractivity (Wildman–Crippen MR) is 141 cm³/mol. The molecule has 37 heavy (non-hydrogen) atoms. The molecule has 2 bridgehead atoms. The van der Waals surface area contributed by atoms with Gasteiger partial charge in [-0.25, -0.2) is 9.37 Å². The Balaban J connectivity index is 1.29. The first-order valence-electron chi connectivity index (χ1n) is 13.5. The third kappa shape index (κ3) is 2.92. The molecule has 7 heteroatoms. The average Bonchev–Trinajstić information content (AvgIpc) is 3.39. The highest BCUT2D eigenvalue weighted by molar-refractivity contribution is 5.88. The second kappa shape index (κ2) is 7.41. The first-order valence-corrected chi connectivity index (χ1v) is 13.5. The summed E-state index contributed by atoms with van der Waals surface area (Å²) in [6, 6.07) is 8.05. The molecule has 7 rings (SSSR count). The standard InChI is InChI=1S/C30H36FN3O3/c1-27-8-10-29(31)14-21-25(35)26(36)22(34(2)3)15-28(21)9-11-30(29,37-28)23(27)7-6-20(27)18-5-4-17-13-24(32)33-16-19(17)12-18/h4-6,12-14,16,22-23,25-26,35-36H,7-11,15H2,1-3H3,(H2,32,33). The molecule has 5 aliphatic rings. The molecule has 8 atom stereocenters. The molecule has 8 unspecified atom stereocenters. The lowest BCUT2D eigenvalue weighted by Gasteiger charge is -2.60. The molecule has 2 aliphatic heterocycles. The maximum Gasteiger partial charge on any atom is 0.158 e. The van der Waals surface area contributed by atoms with Crippen molar-refractivity contribution in [2.75, 3.05) is 19.8 Å². The zero-order valence-electron chi connectivity index (χ0n) is 21.7. The van der Waals surface area contributed by atoms with Gasteiger partial charge in [-0.15, -0.1) is 0 Å². The smallest absolute Gasteiger partial charge is 0.158 e. The number of nitrogen functional groups attached to an aromatic ring is 1. The lowest BCUT2D eigenvalue weighted by atomic mass is 9.53. The molecule has 2 spiro atoms. The van der Waals surface area contributed by atoms with Gasteiger partial charge in [0.1, 0.15) is 17.5 Å². The maximum atomic E-state index is 17.2. The Bertz CT molecular complexity index is 1380. The van der Waals surface area contributed by atoms with E-state index < -0.39 is 29.1 Å². The largest absolute Gasteiger partial charge is 0.388 e. The number of likely N-dealkylation sites (N-methyl/N-ethyl adjacent to an activating group) is 1. The van der Waals surface area contributed by atoms with Crippen molar-refractivity contribution in [3.63, 3.8) is 0 Å². The van der Waals surface area contributed by atoms with Gasteiger partial charge >= 0.3 is 0 Å². The number of allylic oxidation sites excluding steroid dienone is 2. The van der Waals surface area contributed by atoms with Crippen molar-refractivity contribution in [2.24, 2.45) is 11.3 Å². The molecule has 3 aliphatic carbocycles. The highest BCUT2D eigenvalue weighted by Crippen LogP contribution is 2.71. The quantitative estimate of drug-likeness (QED) is 0.534. The van der Waals surface area contributed by atoms with Gasteiger partial charge in [0.2, 0.25) is 0 Å². The number of fused-ring (bicyclic) bond motifs is 2. The number of alkyl halides is 1. The third-order valence-corrected chi connectivity index (χ3v) is 10.7. The van der Waals surface area contributed by atoms with Crippen LogP contribution in [0.25, 0.3) is 16.3 Å². The number of aromatic nitrogens is 1. The van der Waals surface area contributed by atoms with Crippen LogP contribution in [0.15, 0.2) is 48.2 Å². The van der Waals surface area contributed by atoms with Crippen LogP contribution in [0.1, 0.15) is 51.0 Å². The minimum absolute atomic E-state index is 0.00652. The monoisotopic (exact) mass is 505 g/mol. The number of ether oxygens (including phenoxy) is 1. The van der Waals surface area contributed by atoms with E-state index in [0.29, 0.717) is 43.5 Å². The summed E-state index contributed by atoms with van der Waals surface area (Å²) in [6.07, 6.45) is 7.37. The minimum atomic E-state index is -1.66. The van der Waals surface area contributed by atoms with Crippen molar-refractivity contribution in [1.29, 1.82) is 0 Å². The summed E-state index contributed by atoms with van der Waals surface area (Å²) in [6.45, 7) is 2.28. The van der Waals surface area contributed by atoms with Crippen LogP contribution in [0.4, 0.5) is 10.2 Å². The minimum Gasteiger partial charge on any atom is -0.388 e. The van der Waals surface area contributed by atoms with E-state index in [9.17, 15) is 10.2 Å². The van der Waals surface area contributed by atoms with E-state index >= 15 is 4.39 Å². The Morgan fingerprint density at radius 3 is 2.70 bits per heavy atom. The van der Waals surface area contributed by atoms with Crippen molar-refractivity contribution in [3.05, 3.63) is 53.8 Å². The number of anilines is 1. The molecule has 3 fully saturated rings. The first-order chi connectivity index (χ1) is 17.5. The number of nitrogens with zero attached hydrogens (tertiary/aromatic N) is 2. The normalized spacial score (nSPS) is 44.3. The molecule has 4 N–H and O–H groups in total. The van der Waals surface area contributed by atoms with Crippen LogP contribution in [0, 0.1) is 11.3 Å². The SMILES string of the molecule is CN(C)C1CC23CCC4(O2)C2CC=C(c5ccc6cc(N)ncc6c5)C2(C)CCC4(F)C=C3C(O)C1O. The fourth-order valence-electron chi connectivity index (χ4n) is 8.76. The Morgan fingerprint density at radius 1 is 1.11 bits per heavy atom. The lowest BCUT2D eigenvalue weighted by molar-refractivity contribution is -0.239. The molecule has 2 saturated carbocycles. The van der Waals surface area contributed by atoms with Crippen LogP contribution < -0.4 is 5.73 Å². The van der Waals surface area contributed by atoms with E-state index in [1.165, 1.54) is 5.57 Å². The van der Waals surface area contributed by atoms with Gasteiger partial charge in [-0.05, 0) is 98.3 Å². The molecule has 1 aromatic carbocycles. The third-order valence-electron chi connectivity index (χ3n) is 10.7. The highest BCUT2D eigenvalue weighted by Gasteiger charge is 2.74. The van der Waals surface area contributed by atoms with E-state index in [1.54, 1.807) is 6.08 Å². The number of benzene rings is 1. The van der Waals surface area contributed by atoms with Crippen LogP contribution >= 0.6 is 0 Å². The van der Waals surface area contributed by atoms with Gasteiger partial charge in [0.15, 0.2) is 5.67 Å². The van der Waals surface area contributed by atoms with Gasteiger partial charge in [-0.1, -0.05) is 25.1 Å². The summed E-state index contributed by atoms with van der Waals surface area (Å²) in [7, 11) is 3.83. The van der Waals surface area contributed by atoms with E-state index in [-0.39, 0.29) is 17.4 Å². The number of aliphatic hydroxyl groups excluding tert-OH is 2. The molecule has 196 valence electrons. The number of rotatable bonds is 2. The fraction of sp³-hybridized carbons (Fsp3) is 0.567. The number of nitrogens with two attached hydrogens (primary N) is 1. The molecular weight excluding hydrogens is 469 g/mol. The summed E-state index contributed by atoms with van der Waals surface area (Å²) < 4.78 is 24.2. The molecule has 0 radical (unpaired) electrons. The number of pyridine rings is 1. The molecule has 1 saturated heterocycles. The van der Waals surface area contributed by atoms with Crippen LogP contribution in [0.3, 0.4) is 0 Å². The van der Waals surface area contributed by atoms with E-state index in [4.69, 9.17) is 10.5 Å². The van der Waals surface area contributed by atoms with E-state index in [2.05, 4.69) is 36.2 Å². The van der Waals surface area contributed by atoms with Gasteiger partial charge in [0.25, 0.3) is 0 Å². The maximum absolute atomic E-state index is 17.2. The Morgan fingerprint density at radius 2 is 1.92 bits per heavy atom. The van der Waals surface area contributed by atoms with E-state index in [0.717, 1.165) is 22.8 Å². The van der Waals surface area contributed by atoms with Crippen LogP contribution in [-0.4, -0.2) is 69.3 Å². The summed E-state index contributed by atoms with van der Waals surface area (Å²) >= 11 is 0. The van der Waals surface area contributed by atoms with Crippen molar-refractivity contribution in [1.82, 2.24) is 9.88 Å². The predicted octanol–water partition coefficient (Wildman–Crippen LogP) is 4.01. The van der Waals surface area contributed by atoms with Gasteiger partial charge in [-0.3, -0.25) is 0 Å². The first kappa shape index (κ1) is 23.8. The number of halogens is 1. The van der Waals surface area contributed by atoms with E-state index in [1.807, 2.05) is 31.3 Å².